The summed E-state index contributed by atoms with van der Waals surface area (Å²) in [5.41, 5.74) is 4.74. The SMILES string of the molecule is NC(=O)C(c1cccc(Cl)c1)c1cc(C(F)(F)F)ccn1. The Bertz CT molecular complexity index is 673. The maximum atomic E-state index is 12.7. The average molecular weight is 315 g/mol. The van der Waals surface area contributed by atoms with Gasteiger partial charge in [-0.1, -0.05) is 23.7 Å². The molecule has 1 heterocycles. The van der Waals surface area contributed by atoms with Crippen LogP contribution in [0.25, 0.3) is 0 Å². The number of primary amides is 1. The van der Waals surface area contributed by atoms with E-state index in [-0.39, 0.29) is 5.69 Å². The van der Waals surface area contributed by atoms with Gasteiger partial charge >= 0.3 is 6.18 Å². The lowest BCUT2D eigenvalue weighted by molar-refractivity contribution is -0.137. The van der Waals surface area contributed by atoms with Crippen molar-refractivity contribution in [1.29, 1.82) is 0 Å². The van der Waals surface area contributed by atoms with Gasteiger partial charge in [-0.2, -0.15) is 13.2 Å². The Morgan fingerprint density at radius 1 is 1.24 bits per heavy atom. The third-order valence-corrected chi connectivity index (χ3v) is 3.11. The van der Waals surface area contributed by atoms with E-state index < -0.39 is 23.6 Å². The predicted molar refractivity (Wildman–Crippen MR) is 71.7 cm³/mol. The molecule has 0 spiro atoms. The fraction of sp³-hybridized carbons (Fsp3) is 0.143. The van der Waals surface area contributed by atoms with Crippen LogP contribution in [0.2, 0.25) is 5.02 Å². The Morgan fingerprint density at radius 3 is 2.52 bits per heavy atom. The Morgan fingerprint density at radius 2 is 1.95 bits per heavy atom. The highest BCUT2D eigenvalue weighted by molar-refractivity contribution is 6.30. The number of carbonyl (C=O) groups excluding carboxylic acids is 1. The largest absolute Gasteiger partial charge is 0.416 e. The number of nitrogens with zero attached hydrogens (tertiary/aromatic N) is 1. The number of hydrogen-bond donors (Lipinski definition) is 1. The third kappa shape index (κ3) is 3.52. The zero-order chi connectivity index (χ0) is 15.6. The molecule has 3 nitrogen and oxygen atoms in total. The highest BCUT2D eigenvalue weighted by Crippen LogP contribution is 2.32. The van der Waals surface area contributed by atoms with Gasteiger partial charge in [-0.25, -0.2) is 0 Å². The number of rotatable bonds is 3. The van der Waals surface area contributed by atoms with E-state index in [4.69, 9.17) is 17.3 Å². The number of pyridine rings is 1. The first kappa shape index (κ1) is 15.3. The van der Waals surface area contributed by atoms with Crippen molar-refractivity contribution in [3.05, 3.63) is 64.4 Å². The second-order valence-electron chi connectivity index (χ2n) is 4.36. The Hall–Kier alpha value is -2.08. The molecule has 1 aromatic carbocycles. The zero-order valence-corrected chi connectivity index (χ0v) is 11.3. The van der Waals surface area contributed by atoms with Crippen LogP contribution in [0.4, 0.5) is 13.2 Å². The maximum Gasteiger partial charge on any atom is 0.416 e. The van der Waals surface area contributed by atoms with Crippen LogP contribution in [0.15, 0.2) is 42.6 Å². The summed E-state index contributed by atoms with van der Waals surface area (Å²) in [5.74, 6) is -1.89. The minimum Gasteiger partial charge on any atom is -0.369 e. The van der Waals surface area contributed by atoms with Gasteiger partial charge in [0.2, 0.25) is 5.91 Å². The summed E-state index contributed by atoms with van der Waals surface area (Å²) in [5, 5.41) is 0.353. The van der Waals surface area contributed by atoms with Gasteiger partial charge < -0.3 is 5.73 Å². The molecule has 0 aliphatic carbocycles. The predicted octanol–water partition coefficient (Wildman–Crippen LogP) is 3.37. The summed E-state index contributed by atoms with van der Waals surface area (Å²) in [6, 6.07) is 7.85. The van der Waals surface area contributed by atoms with Crippen molar-refractivity contribution in [2.75, 3.05) is 0 Å². The number of nitrogens with two attached hydrogens (primary N) is 1. The van der Waals surface area contributed by atoms with Gasteiger partial charge in [0.1, 0.15) is 5.92 Å². The number of hydrogen-bond acceptors (Lipinski definition) is 2. The van der Waals surface area contributed by atoms with E-state index in [0.717, 1.165) is 18.3 Å². The summed E-state index contributed by atoms with van der Waals surface area (Å²) < 4.78 is 38.2. The van der Waals surface area contributed by atoms with E-state index in [1.54, 1.807) is 18.2 Å². The number of aromatic nitrogens is 1. The molecule has 0 bridgehead atoms. The quantitative estimate of drug-likeness (QED) is 0.944. The van der Waals surface area contributed by atoms with Crippen molar-refractivity contribution in [2.24, 2.45) is 5.73 Å². The smallest absolute Gasteiger partial charge is 0.369 e. The summed E-state index contributed by atoms with van der Waals surface area (Å²) >= 11 is 5.83. The summed E-state index contributed by atoms with van der Waals surface area (Å²) in [4.78, 5) is 15.5. The van der Waals surface area contributed by atoms with Crippen LogP contribution < -0.4 is 5.73 Å². The molecular formula is C14H10ClF3N2O. The van der Waals surface area contributed by atoms with Gasteiger partial charge in [-0.15, -0.1) is 0 Å². The molecule has 0 aliphatic heterocycles. The van der Waals surface area contributed by atoms with Crippen LogP contribution in [0.5, 0.6) is 0 Å². The lowest BCUT2D eigenvalue weighted by Crippen LogP contribution is -2.23. The topological polar surface area (TPSA) is 56.0 Å². The summed E-state index contributed by atoms with van der Waals surface area (Å²) in [6.07, 6.45) is -3.52. The molecule has 2 aromatic rings. The molecule has 0 radical (unpaired) electrons. The fourth-order valence-electron chi connectivity index (χ4n) is 1.95. The Labute approximate surface area is 123 Å². The standard InChI is InChI=1S/C14H10ClF3N2O/c15-10-3-1-2-8(6-10)12(13(19)21)11-7-9(4-5-20-11)14(16,17)18/h1-7,12H,(H2,19,21). The highest BCUT2D eigenvalue weighted by atomic mass is 35.5. The molecule has 7 heteroatoms. The van der Waals surface area contributed by atoms with Crippen molar-refractivity contribution in [2.45, 2.75) is 12.1 Å². The molecule has 0 aliphatic rings. The van der Waals surface area contributed by atoms with E-state index in [1.807, 2.05) is 0 Å². The van der Waals surface area contributed by atoms with Gasteiger partial charge in [0.25, 0.3) is 0 Å². The average Bonchev–Trinajstić information content (AvgIpc) is 2.38. The van der Waals surface area contributed by atoms with Crippen LogP contribution in [-0.4, -0.2) is 10.9 Å². The number of halogens is 4. The molecule has 1 aromatic heterocycles. The summed E-state index contributed by atoms with van der Waals surface area (Å²) in [7, 11) is 0. The van der Waals surface area contributed by atoms with E-state index in [9.17, 15) is 18.0 Å². The van der Waals surface area contributed by atoms with E-state index in [0.29, 0.717) is 10.6 Å². The van der Waals surface area contributed by atoms with Crippen molar-refractivity contribution in [1.82, 2.24) is 4.98 Å². The van der Waals surface area contributed by atoms with Gasteiger partial charge in [-0.3, -0.25) is 9.78 Å². The van der Waals surface area contributed by atoms with Gasteiger partial charge in [0, 0.05) is 11.2 Å². The van der Waals surface area contributed by atoms with Crippen LogP contribution >= 0.6 is 11.6 Å². The van der Waals surface area contributed by atoms with Crippen LogP contribution in [0.1, 0.15) is 22.7 Å². The van der Waals surface area contributed by atoms with E-state index >= 15 is 0 Å². The number of alkyl halides is 3. The van der Waals surface area contributed by atoms with Crippen molar-refractivity contribution >= 4 is 17.5 Å². The number of amides is 1. The molecule has 2 rings (SSSR count). The first-order chi connectivity index (χ1) is 9.79. The lowest BCUT2D eigenvalue weighted by atomic mass is 9.93. The molecule has 110 valence electrons. The molecule has 2 N–H and O–H groups in total. The first-order valence-electron chi connectivity index (χ1n) is 5.87. The molecule has 0 saturated carbocycles. The highest BCUT2D eigenvalue weighted by Gasteiger charge is 2.32. The Kier molecular flexibility index (Phi) is 4.18. The zero-order valence-electron chi connectivity index (χ0n) is 10.6. The van der Waals surface area contributed by atoms with Crippen LogP contribution in [0, 0.1) is 0 Å². The van der Waals surface area contributed by atoms with E-state index in [2.05, 4.69) is 4.98 Å². The normalized spacial score (nSPS) is 13.0. The number of benzene rings is 1. The van der Waals surface area contributed by atoms with Crippen LogP contribution in [-0.2, 0) is 11.0 Å². The van der Waals surface area contributed by atoms with E-state index in [1.165, 1.54) is 6.07 Å². The second kappa shape index (κ2) is 5.73. The maximum absolute atomic E-state index is 12.7. The van der Waals surface area contributed by atoms with Gasteiger partial charge in [-0.05, 0) is 29.8 Å². The molecular weight excluding hydrogens is 305 g/mol. The monoisotopic (exact) mass is 314 g/mol. The third-order valence-electron chi connectivity index (χ3n) is 2.87. The number of carbonyl (C=O) groups is 1. The molecule has 0 saturated heterocycles. The fourth-order valence-corrected chi connectivity index (χ4v) is 2.15. The van der Waals surface area contributed by atoms with Crippen molar-refractivity contribution in [3.63, 3.8) is 0 Å². The van der Waals surface area contributed by atoms with Gasteiger partial charge in [0.05, 0.1) is 11.3 Å². The molecule has 1 amide bonds. The molecule has 21 heavy (non-hydrogen) atoms. The van der Waals surface area contributed by atoms with Gasteiger partial charge in [0.15, 0.2) is 0 Å². The lowest BCUT2D eigenvalue weighted by Gasteiger charge is -2.15. The van der Waals surface area contributed by atoms with Crippen molar-refractivity contribution in [3.8, 4) is 0 Å². The minimum absolute atomic E-state index is 0.0698. The minimum atomic E-state index is -4.52. The van der Waals surface area contributed by atoms with Crippen molar-refractivity contribution < 1.29 is 18.0 Å². The summed E-state index contributed by atoms with van der Waals surface area (Å²) in [6.45, 7) is 0. The first-order valence-corrected chi connectivity index (χ1v) is 6.25. The molecule has 1 unspecified atom stereocenters. The second-order valence-corrected chi connectivity index (χ2v) is 4.79. The molecule has 0 fully saturated rings. The molecule has 1 atom stereocenters. The van der Waals surface area contributed by atoms with Crippen LogP contribution in [0.3, 0.4) is 0 Å². The Balaban J connectivity index is 2.52.